The number of anilines is 1. The number of hydrogen-bond donors (Lipinski definition) is 1. The van der Waals surface area contributed by atoms with Crippen LogP contribution in [-0.2, 0) is 4.79 Å². The molecule has 0 aliphatic carbocycles. The molecule has 0 aromatic carbocycles. The van der Waals surface area contributed by atoms with E-state index in [-0.39, 0.29) is 5.91 Å². The maximum absolute atomic E-state index is 11.3. The molecule has 2 rings (SSSR count). The van der Waals surface area contributed by atoms with Crippen LogP contribution >= 0.6 is 0 Å². The van der Waals surface area contributed by atoms with Gasteiger partial charge in [-0.15, -0.1) is 0 Å². The SMILES string of the molecule is CCC(=O)Nc1cncc(/C=C/c2ccncc2)c1. The van der Waals surface area contributed by atoms with Crippen LogP contribution in [0.2, 0.25) is 0 Å². The normalized spacial score (nSPS) is 10.6. The van der Waals surface area contributed by atoms with Gasteiger partial charge < -0.3 is 5.32 Å². The van der Waals surface area contributed by atoms with Gasteiger partial charge in [0, 0.05) is 25.0 Å². The van der Waals surface area contributed by atoms with E-state index >= 15 is 0 Å². The van der Waals surface area contributed by atoms with E-state index in [1.54, 1.807) is 24.8 Å². The lowest BCUT2D eigenvalue weighted by Crippen LogP contribution is -2.09. The van der Waals surface area contributed by atoms with E-state index < -0.39 is 0 Å². The molecule has 0 unspecified atom stereocenters. The highest BCUT2D eigenvalue weighted by molar-refractivity contribution is 5.90. The zero-order valence-corrected chi connectivity index (χ0v) is 10.7. The van der Waals surface area contributed by atoms with Crippen molar-refractivity contribution in [1.29, 1.82) is 0 Å². The Morgan fingerprint density at radius 1 is 1.16 bits per heavy atom. The fourth-order valence-corrected chi connectivity index (χ4v) is 1.53. The molecule has 1 N–H and O–H groups in total. The summed E-state index contributed by atoms with van der Waals surface area (Å²) in [6.45, 7) is 1.82. The van der Waals surface area contributed by atoms with Gasteiger partial charge in [0.05, 0.1) is 11.9 Å². The number of rotatable bonds is 4. The second kappa shape index (κ2) is 6.44. The predicted molar refractivity (Wildman–Crippen MR) is 76.3 cm³/mol. The highest BCUT2D eigenvalue weighted by Crippen LogP contribution is 2.12. The molecule has 0 bridgehead atoms. The Bertz CT molecular complexity index is 579. The van der Waals surface area contributed by atoms with Crippen LogP contribution in [0.25, 0.3) is 12.2 Å². The summed E-state index contributed by atoms with van der Waals surface area (Å²) in [5.74, 6) is -0.0166. The van der Waals surface area contributed by atoms with Crippen LogP contribution in [0.5, 0.6) is 0 Å². The van der Waals surface area contributed by atoms with Crippen molar-refractivity contribution in [2.75, 3.05) is 5.32 Å². The first kappa shape index (κ1) is 13.0. The number of hydrogen-bond acceptors (Lipinski definition) is 3. The van der Waals surface area contributed by atoms with Crippen molar-refractivity contribution < 1.29 is 4.79 Å². The van der Waals surface area contributed by atoms with Gasteiger partial charge in [-0.1, -0.05) is 19.1 Å². The van der Waals surface area contributed by atoms with Gasteiger partial charge in [-0.3, -0.25) is 14.8 Å². The minimum atomic E-state index is -0.0166. The van der Waals surface area contributed by atoms with Crippen molar-refractivity contribution in [2.45, 2.75) is 13.3 Å². The maximum atomic E-state index is 11.3. The third-order valence-electron chi connectivity index (χ3n) is 2.54. The molecule has 96 valence electrons. The first-order chi connectivity index (χ1) is 9.28. The van der Waals surface area contributed by atoms with Crippen molar-refractivity contribution >= 4 is 23.7 Å². The van der Waals surface area contributed by atoms with E-state index in [0.29, 0.717) is 12.1 Å². The summed E-state index contributed by atoms with van der Waals surface area (Å²) in [6, 6.07) is 5.73. The fourth-order valence-electron chi connectivity index (χ4n) is 1.53. The summed E-state index contributed by atoms with van der Waals surface area (Å²) >= 11 is 0. The van der Waals surface area contributed by atoms with Crippen LogP contribution in [-0.4, -0.2) is 15.9 Å². The number of pyridine rings is 2. The van der Waals surface area contributed by atoms with E-state index in [0.717, 1.165) is 11.1 Å². The molecule has 0 spiro atoms. The average Bonchev–Trinajstić information content (AvgIpc) is 2.46. The Morgan fingerprint density at radius 2 is 1.89 bits per heavy atom. The maximum Gasteiger partial charge on any atom is 0.224 e. The largest absolute Gasteiger partial charge is 0.325 e. The van der Waals surface area contributed by atoms with Gasteiger partial charge in [0.2, 0.25) is 5.91 Å². The molecule has 0 atom stereocenters. The second-order valence-electron chi connectivity index (χ2n) is 4.02. The Kier molecular flexibility index (Phi) is 4.39. The smallest absolute Gasteiger partial charge is 0.224 e. The van der Waals surface area contributed by atoms with E-state index in [1.165, 1.54) is 0 Å². The lowest BCUT2D eigenvalue weighted by molar-refractivity contribution is -0.115. The topological polar surface area (TPSA) is 54.9 Å². The van der Waals surface area contributed by atoms with Crippen LogP contribution in [0.1, 0.15) is 24.5 Å². The quantitative estimate of drug-likeness (QED) is 0.911. The third-order valence-corrected chi connectivity index (χ3v) is 2.54. The van der Waals surface area contributed by atoms with Gasteiger partial charge in [-0.2, -0.15) is 0 Å². The summed E-state index contributed by atoms with van der Waals surface area (Å²) in [7, 11) is 0. The van der Waals surface area contributed by atoms with Crippen molar-refractivity contribution in [3.63, 3.8) is 0 Å². The first-order valence-electron chi connectivity index (χ1n) is 6.11. The van der Waals surface area contributed by atoms with Crippen molar-refractivity contribution in [3.8, 4) is 0 Å². The Hall–Kier alpha value is -2.49. The molecule has 1 amide bonds. The number of amides is 1. The monoisotopic (exact) mass is 253 g/mol. The molecular formula is C15H15N3O. The van der Waals surface area contributed by atoms with Gasteiger partial charge in [0.15, 0.2) is 0 Å². The van der Waals surface area contributed by atoms with Crippen molar-refractivity contribution in [2.24, 2.45) is 0 Å². The lowest BCUT2D eigenvalue weighted by atomic mass is 10.2. The molecule has 4 heteroatoms. The molecule has 0 saturated heterocycles. The molecular weight excluding hydrogens is 238 g/mol. The number of aromatic nitrogens is 2. The Balaban J connectivity index is 2.11. The van der Waals surface area contributed by atoms with Gasteiger partial charge in [-0.05, 0) is 29.3 Å². The Morgan fingerprint density at radius 3 is 2.63 bits per heavy atom. The highest BCUT2D eigenvalue weighted by atomic mass is 16.1. The lowest BCUT2D eigenvalue weighted by Gasteiger charge is -2.03. The summed E-state index contributed by atoms with van der Waals surface area (Å²) in [4.78, 5) is 19.4. The van der Waals surface area contributed by atoms with E-state index in [2.05, 4.69) is 15.3 Å². The molecule has 0 aliphatic rings. The minimum Gasteiger partial charge on any atom is -0.325 e. The van der Waals surface area contributed by atoms with Crippen LogP contribution in [0.3, 0.4) is 0 Å². The van der Waals surface area contributed by atoms with Crippen molar-refractivity contribution in [1.82, 2.24) is 9.97 Å². The van der Waals surface area contributed by atoms with Crippen LogP contribution in [0.4, 0.5) is 5.69 Å². The minimum absolute atomic E-state index is 0.0166. The highest BCUT2D eigenvalue weighted by Gasteiger charge is 1.99. The standard InChI is InChI=1S/C15H15N3O/c1-2-15(19)18-14-9-13(10-17-11-14)4-3-12-5-7-16-8-6-12/h3-11H,2H2,1H3,(H,18,19)/b4-3+. The summed E-state index contributed by atoms with van der Waals surface area (Å²) < 4.78 is 0. The van der Waals surface area contributed by atoms with Crippen LogP contribution < -0.4 is 5.32 Å². The molecule has 0 saturated carbocycles. The van der Waals surface area contributed by atoms with Gasteiger partial charge in [0.25, 0.3) is 0 Å². The zero-order chi connectivity index (χ0) is 13.5. The summed E-state index contributed by atoms with van der Waals surface area (Å²) in [5, 5.41) is 2.78. The zero-order valence-electron chi connectivity index (χ0n) is 10.7. The third kappa shape index (κ3) is 4.03. The first-order valence-corrected chi connectivity index (χ1v) is 6.11. The van der Waals surface area contributed by atoms with Gasteiger partial charge in [-0.25, -0.2) is 0 Å². The Labute approximate surface area is 112 Å². The van der Waals surface area contributed by atoms with Gasteiger partial charge in [0.1, 0.15) is 0 Å². The molecule has 2 aromatic rings. The molecule has 19 heavy (non-hydrogen) atoms. The number of nitrogens with one attached hydrogen (secondary N) is 1. The summed E-state index contributed by atoms with van der Waals surface area (Å²) in [5.41, 5.74) is 2.72. The molecule has 2 heterocycles. The van der Waals surface area contributed by atoms with Gasteiger partial charge >= 0.3 is 0 Å². The number of carbonyl (C=O) groups is 1. The molecule has 0 radical (unpaired) electrons. The number of carbonyl (C=O) groups excluding carboxylic acids is 1. The number of nitrogens with zero attached hydrogens (tertiary/aromatic N) is 2. The summed E-state index contributed by atoms with van der Waals surface area (Å²) in [6.07, 6.45) is 11.3. The van der Waals surface area contributed by atoms with E-state index in [4.69, 9.17) is 0 Å². The van der Waals surface area contributed by atoms with Crippen molar-refractivity contribution in [3.05, 3.63) is 54.1 Å². The molecule has 0 fully saturated rings. The fraction of sp³-hybridized carbons (Fsp3) is 0.133. The average molecular weight is 253 g/mol. The van der Waals surface area contributed by atoms with E-state index in [1.807, 2.05) is 37.3 Å². The van der Waals surface area contributed by atoms with E-state index in [9.17, 15) is 4.79 Å². The second-order valence-corrected chi connectivity index (χ2v) is 4.02. The molecule has 4 nitrogen and oxygen atoms in total. The van der Waals surface area contributed by atoms with Crippen LogP contribution in [0, 0.1) is 0 Å². The molecule has 0 aliphatic heterocycles. The molecule has 2 aromatic heterocycles. The predicted octanol–water partition coefficient (Wildman–Crippen LogP) is 3.00. The van der Waals surface area contributed by atoms with Crippen LogP contribution in [0.15, 0.2) is 43.0 Å².